The molecule has 0 bridgehead atoms. The molecule has 0 spiro atoms. The van der Waals surface area contributed by atoms with Gasteiger partial charge in [-0.05, 0) is 37.5 Å². The van der Waals surface area contributed by atoms with Crippen molar-refractivity contribution in [3.8, 4) is 0 Å². The zero-order valence-corrected chi connectivity index (χ0v) is 15.3. The number of nitrogens with two attached hydrogens (primary N) is 1. The average Bonchev–Trinajstić information content (AvgIpc) is 2.53. The SMILES string of the molecule is CCOCCS(=O)(=O)NCC(=O)N1CCCc2c(N)cccc21.Cl. The van der Waals surface area contributed by atoms with Crippen molar-refractivity contribution < 1.29 is 17.9 Å². The van der Waals surface area contributed by atoms with Gasteiger partial charge in [0.05, 0.1) is 18.9 Å². The molecule has 0 aliphatic carbocycles. The fourth-order valence-corrected chi connectivity index (χ4v) is 3.39. The number of nitrogens with one attached hydrogen (secondary N) is 1. The molecule has 24 heavy (non-hydrogen) atoms. The molecule has 3 N–H and O–H groups in total. The number of nitrogen functional groups attached to an aromatic ring is 1. The Kier molecular flexibility index (Phi) is 7.95. The van der Waals surface area contributed by atoms with Crippen molar-refractivity contribution in [2.75, 3.05) is 42.7 Å². The van der Waals surface area contributed by atoms with Gasteiger partial charge in [-0.15, -0.1) is 12.4 Å². The van der Waals surface area contributed by atoms with E-state index in [4.69, 9.17) is 10.5 Å². The smallest absolute Gasteiger partial charge is 0.242 e. The molecule has 1 heterocycles. The predicted octanol–water partition coefficient (Wildman–Crippen LogP) is 0.926. The molecule has 9 heteroatoms. The lowest BCUT2D eigenvalue weighted by Crippen LogP contribution is -2.43. The first kappa shape index (κ1) is 20.7. The van der Waals surface area contributed by atoms with Gasteiger partial charge in [-0.25, -0.2) is 13.1 Å². The molecule has 1 aliphatic rings. The zero-order valence-electron chi connectivity index (χ0n) is 13.7. The lowest BCUT2D eigenvalue weighted by Gasteiger charge is -2.30. The van der Waals surface area contributed by atoms with E-state index < -0.39 is 10.0 Å². The number of nitrogens with zero attached hydrogens (tertiary/aromatic N) is 1. The fraction of sp³-hybridized carbons (Fsp3) is 0.533. The summed E-state index contributed by atoms with van der Waals surface area (Å²) in [4.78, 5) is 14.0. The van der Waals surface area contributed by atoms with Crippen molar-refractivity contribution in [1.82, 2.24) is 4.72 Å². The number of amides is 1. The molecule has 1 aromatic rings. The highest BCUT2D eigenvalue weighted by Crippen LogP contribution is 2.31. The molecule has 0 saturated carbocycles. The van der Waals surface area contributed by atoms with Crippen LogP contribution in [-0.4, -0.2) is 46.4 Å². The maximum atomic E-state index is 12.4. The zero-order chi connectivity index (χ0) is 16.9. The largest absolute Gasteiger partial charge is 0.398 e. The van der Waals surface area contributed by atoms with Crippen LogP contribution in [0.15, 0.2) is 18.2 Å². The molecule has 2 rings (SSSR count). The molecule has 0 atom stereocenters. The molecular formula is C15H24ClN3O4S. The van der Waals surface area contributed by atoms with Gasteiger partial charge in [0.25, 0.3) is 0 Å². The lowest BCUT2D eigenvalue weighted by atomic mass is 10.00. The van der Waals surface area contributed by atoms with E-state index in [1.807, 2.05) is 12.1 Å². The summed E-state index contributed by atoms with van der Waals surface area (Å²) in [5, 5.41) is 0. The van der Waals surface area contributed by atoms with E-state index in [-0.39, 0.29) is 37.2 Å². The summed E-state index contributed by atoms with van der Waals surface area (Å²) in [5.41, 5.74) is 8.34. The van der Waals surface area contributed by atoms with Gasteiger partial charge in [-0.2, -0.15) is 0 Å². The number of halogens is 1. The van der Waals surface area contributed by atoms with E-state index in [0.717, 1.165) is 24.1 Å². The van der Waals surface area contributed by atoms with Crippen molar-refractivity contribution in [2.45, 2.75) is 19.8 Å². The van der Waals surface area contributed by atoms with Crippen LogP contribution in [0.5, 0.6) is 0 Å². The Balaban J connectivity index is 0.00000288. The van der Waals surface area contributed by atoms with Gasteiger partial charge in [-0.3, -0.25) is 4.79 Å². The third kappa shape index (κ3) is 5.34. The Morgan fingerprint density at radius 2 is 2.17 bits per heavy atom. The number of sulfonamides is 1. The molecule has 0 unspecified atom stereocenters. The highest BCUT2D eigenvalue weighted by Gasteiger charge is 2.24. The van der Waals surface area contributed by atoms with Gasteiger partial charge < -0.3 is 15.4 Å². The topological polar surface area (TPSA) is 102 Å². The monoisotopic (exact) mass is 377 g/mol. The minimum absolute atomic E-state index is 0. The Morgan fingerprint density at radius 3 is 2.88 bits per heavy atom. The highest BCUT2D eigenvalue weighted by atomic mass is 35.5. The van der Waals surface area contributed by atoms with E-state index in [1.165, 1.54) is 0 Å². The first-order valence-corrected chi connectivity index (χ1v) is 9.32. The number of rotatable bonds is 7. The summed E-state index contributed by atoms with van der Waals surface area (Å²) in [6.45, 7) is 2.67. The molecule has 1 amide bonds. The van der Waals surface area contributed by atoms with Crippen molar-refractivity contribution in [3.05, 3.63) is 23.8 Å². The third-order valence-electron chi connectivity index (χ3n) is 3.73. The van der Waals surface area contributed by atoms with Crippen LogP contribution in [-0.2, 0) is 26.0 Å². The van der Waals surface area contributed by atoms with Crippen LogP contribution in [0.4, 0.5) is 11.4 Å². The normalized spacial score (nSPS) is 14.0. The van der Waals surface area contributed by atoms with Crippen LogP contribution in [0.25, 0.3) is 0 Å². The summed E-state index contributed by atoms with van der Waals surface area (Å²) in [6.07, 6.45) is 1.63. The number of ether oxygens (including phenoxy) is 1. The molecule has 0 fully saturated rings. The molecule has 1 aromatic carbocycles. The quantitative estimate of drug-likeness (QED) is 0.543. The molecule has 0 radical (unpaired) electrons. The van der Waals surface area contributed by atoms with Gasteiger partial charge in [-0.1, -0.05) is 6.07 Å². The first-order chi connectivity index (χ1) is 10.9. The van der Waals surface area contributed by atoms with Crippen molar-refractivity contribution in [1.29, 1.82) is 0 Å². The van der Waals surface area contributed by atoms with Gasteiger partial charge >= 0.3 is 0 Å². The van der Waals surface area contributed by atoms with Crippen LogP contribution < -0.4 is 15.4 Å². The highest BCUT2D eigenvalue weighted by molar-refractivity contribution is 7.89. The second-order valence-corrected chi connectivity index (χ2v) is 7.26. The molecule has 1 aliphatic heterocycles. The fourth-order valence-electron chi connectivity index (χ4n) is 2.56. The van der Waals surface area contributed by atoms with Crippen molar-refractivity contribution in [3.63, 3.8) is 0 Å². The first-order valence-electron chi connectivity index (χ1n) is 7.67. The van der Waals surface area contributed by atoms with E-state index in [2.05, 4.69) is 4.72 Å². The summed E-state index contributed by atoms with van der Waals surface area (Å²) in [5.74, 6) is -0.436. The van der Waals surface area contributed by atoms with Crippen LogP contribution in [0.2, 0.25) is 0 Å². The molecule has 136 valence electrons. The number of hydrogen-bond acceptors (Lipinski definition) is 5. The van der Waals surface area contributed by atoms with E-state index in [1.54, 1.807) is 17.9 Å². The summed E-state index contributed by atoms with van der Waals surface area (Å²) >= 11 is 0. The summed E-state index contributed by atoms with van der Waals surface area (Å²) < 4.78 is 31.0. The number of anilines is 2. The number of fused-ring (bicyclic) bond motifs is 1. The van der Waals surface area contributed by atoms with Crippen LogP contribution in [0.1, 0.15) is 18.9 Å². The molecular weight excluding hydrogens is 354 g/mol. The second-order valence-electron chi connectivity index (χ2n) is 5.33. The molecule has 0 aromatic heterocycles. The Labute approximate surface area is 149 Å². The van der Waals surface area contributed by atoms with E-state index in [9.17, 15) is 13.2 Å². The maximum Gasteiger partial charge on any atom is 0.242 e. The third-order valence-corrected chi connectivity index (χ3v) is 5.02. The summed E-state index contributed by atoms with van der Waals surface area (Å²) in [6, 6.07) is 5.45. The molecule has 7 nitrogen and oxygen atoms in total. The van der Waals surface area contributed by atoms with Crippen LogP contribution in [0, 0.1) is 0 Å². The minimum Gasteiger partial charge on any atom is -0.398 e. The number of carbonyl (C=O) groups excluding carboxylic acids is 1. The molecule has 0 saturated heterocycles. The second kappa shape index (κ2) is 9.22. The Morgan fingerprint density at radius 1 is 1.42 bits per heavy atom. The minimum atomic E-state index is -3.52. The Bertz CT molecular complexity index is 667. The van der Waals surface area contributed by atoms with E-state index in [0.29, 0.717) is 18.8 Å². The number of hydrogen-bond donors (Lipinski definition) is 2. The number of benzene rings is 1. The van der Waals surface area contributed by atoms with Crippen molar-refractivity contribution in [2.24, 2.45) is 0 Å². The van der Waals surface area contributed by atoms with Crippen LogP contribution >= 0.6 is 12.4 Å². The number of carbonyl (C=O) groups is 1. The standard InChI is InChI=1S/C15H23N3O4S.ClH/c1-2-22-9-10-23(20,21)17-11-15(19)18-8-4-5-12-13(16)6-3-7-14(12)18;/h3,6-7,17H,2,4-5,8-11,16H2,1H3;1H. The average molecular weight is 378 g/mol. The van der Waals surface area contributed by atoms with E-state index >= 15 is 0 Å². The lowest BCUT2D eigenvalue weighted by molar-refractivity contribution is -0.117. The van der Waals surface area contributed by atoms with Gasteiger partial charge in [0.15, 0.2) is 0 Å². The van der Waals surface area contributed by atoms with Gasteiger partial charge in [0.1, 0.15) is 0 Å². The van der Waals surface area contributed by atoms with Gasteiger partial charge in [0, 0.05) is 24.5 Å². The van der Waals surface area contributed by atoms with Gasteiger partial charge in [0.2, 0.25) is 15.9 Å². The Hall–Kier alpha value is -1.35. The summed E-state index contributed by atoms with van der Waals surface area (Å²) in [7, 11) is -3.52. The van der Waals surface area contributed by atoms with Crippen LogP contribution in [0.3, 0.4) is 0 Å². The maximum absolute atomic E-state index is 12.4. The van der Waals surface area contributed by atoms with Crippen molar-refractivity contribution >= 4 is 39.7 Å². The predicted molar refractivity (Wildman–Crippen MR) is 97.1 cm³/mol.